The lowest BCUT2D eigenvalue weighted by Crippen LogP contribution is -2.33. The van der Waals surface area contributed by atoms with Gasteiger partial charge < -0.3 is 10.2 Å². The van der Waals surface area contributed by atoms with Crippen molar-refractivity contribution in [2.24, 2.45) is 0 Å². The molecule has 0 unspecified atom stereocenters. The number of alkyl halides is 2. The first-order valence-electron chi connectivity index (χ1n) is 6.07. The summed E-state index contributed by atoms with van der Waals surface area (Å²) in [5.41, 5.74) is -0.0603. The quantitative estimate of drug-likeness (QED) is 0.871. The van der Waals surface area contributed by atoms with Crippen LogP contribution in [0.1, 0.15) is 23.3 Å². The number of rotatable bonds is 4. The smallest absolute Gasteiger partial charge is 0.306 e. The minimum absolute atomic E-state index is 0.0302. The highest BCUT2D eigenvalue weighted by Gasteiger charge is 2.47. The van der Waals surface area contributed by atoms with Gasteiger partial charge in [0.2, 0.25) is 0 Å². The molecule has 0 fully saturated rings. The Morgan fingerprint density at radius 3 is 1.29 bits per heavy atom. The first-order valence-corrected chi connectivity index (χ1v) is 6.83. The monoisotopic (exact) mass is 332 g/mol. The van der Waals surface area contributed by atoms with Gasteiger partial charge >= 0.3 is 5.92 Å². The maximum absolute atomic E-state index is 14.2. The fourth-order valence-electron chi connectivity index (χ4n) is 1.88. The Morgan fingerprint density at radius 1 is 0.714 bits per heavy atom. The van der Waals surface area contributed by atoms with Crippen molar-refractivity contribution in [2.45, 2.75) is 18.1 Å². The highest BCUT2D eigenvalue weighted by atomic mass is 35.5. The summed E-state index contributed by atoms with van der Waals surface area (Å²) in [5.74, 6) is -3.76. The van der Waals surface area contributed by atoms with E-state index in [0.717, 1.165) is 0 Å². The molecule has 0 spiro atoms. The molecule has 0 aromatic heterocycles. The molecule has 2 nitrogen and oxygen atoms in total. The summed E-state index contributed by atoms with van der Waals surface area (Å²) in [6, 6.07) is 10.7. The zero-order chi connectivity index (χ0) is 15.6. The van der Waals surface area contributed by atoms with E-state index < -0.39 is 18.1 Å². The minimum atomic E-state index is -3.76. The Hall–Kier alpha value is -1.20. The third-order valence-corrected chi connectivity index (χ3v) is 3.60. The van der Waals surface area contributed by atoms with E-state index in [1.165, 1.54) is 48.5 Å². The van der Waals surface area contributed by atoms with E-state index in [-0.39, 0.29) is 11.1 Å². The standard InChI is InChI=1S/C15H12Cl2F2O2/c16-11-5-1-9(2-6-11)13(20)15(18,19)14(21)10-3-7-12(17)8-4-10/h1-8,13-14,20-21H/t13-,14-/m1/s1. The van der Waals surface area contributed by atoms with Gasteiger partial charge in [0.25, 0.3) is 0 Å². The summed E-state index contributed by atoms with van der Waals surface area (Å²) in [4.78, 5) is 0. The van der Waals surface area contributed by atoms with Crippen molar-refractivity contribution in [3.63, 3.8) is 0 Å². The van der Waals surface area contributed by atoms with E-state index in [4.69, 9.17) is 23.2 Å². The summed E-state index contributed by atoms with van der Waals surface area (Å²) < 4.78 is 28.4. The summed E-state index contributed by atoms with van der Waals surface area (Å²) in [5, 5.41) is 20.4. The van der Waals surface area contributed by atoms with Crippen molar-refractivity contribution in [1.82, 2.24) is 0 Å². The number of hydrogen-bond acceptors (Lipinski definition) is 2. The maximum Gasteiger partial charge on any atom is 0.306 e. The van der Waals surface area contributed by atoms with Crippen LogP contribution in [0.2, 0.25) is 10.0 Å². The van der Waals surface area contributed by atoms with Gasteiger partial charge in [0.15, 0.2) is 0 Å². The molecule has 2 atom stereocenters. The van der Waals surface area contributed by atoms with E-state index in [9.17, 15) is 19.0 Å². The molecule has 2 aromatic carbocycles. The third kappa shape index (κ3) is 3.52. The lowest BCUT2D eigenvalue weighted by molar-refractivity contribution is -0.181. The van der Waals surface area contributed by atoms with Gasteiger partial charge in [-0.05, 0) is 35.4 Å². The molecule has 2 rings (SSSR count). The van der Waals surface area contributed by atoms with Crippen LogP contribution in [0, 0.1) is 0 Å². The van der Waals surface area contributed by atoms with Crippen LogP contribution in [-0.2, 0) is 0 Å². The minimum Gasteiger partial charge on any atom is -0.382 e. The highest BCUT2D eigenvalue weighted by molar-refractivity contribution is 6.30. The van der Waals surface area contributed by atoms with Gasteiger partial charge in [-0.1, -0.05) is 47.5 Å². The Bertz CT molecular complexity index is 547. The number of aliphatic hydroxyl groups is 2. The number of aliphatic hydroxyl groups excluding tert-OH is 2. The van der Waals surface area contributed by atoms with Crippen molar-refractivity contribution in [2.75, 3.05) is 0 Å². The Morgan fingerprint density at radius 2 is 1.00 bits per heavy atom. The largest absolute Gasteiger partial charge is 0.382 e. The lowest BCUT2D eigenvalue weighted by Gasteiger charge is -2.28. The SMILES string of the molecule is O[C@H](c1ccc(Cl)cc1)C(F)(F)[C@H](O)c1ccc(Cl)cc1. The molecular weight excluding hydrogens is 321 g/mol. The third-order valence-electron chi connectivity index (χ3n) is 3.10. The van der Waals surface area contributed by atoms with Crippen LogP contribution in [0.25, 0.3) is 0 Å². The average Bonchev–Trinajstić information content (AvgIpc) is 2.47. The van der Waals surface area contributed by atoms with Crippen LogP contribution < -0.4 is 0 Å². The fraction of sp³-hybridized carbons (Fsp3) is 0.200. The molecule has 2 aromatic rings. The predicted octanol–water partition coefficient (Wildman–Crippen LogP) is 4.40. The molecule has 0 bridgehead atoms. The van der Waals surface area contributed by atoms with Gasteiger partial charge in [0, 0.05) is 10.0 Å². The molecule has 112 valence electrons. The molecule has 21 heavy (non-hydrogen) atoms. The van der Waals surface area contributed by atoms with Gasteiger partial charge in [-0.25, -0.2) is 8.78 Å². The normalized spacial score (nSPS) is 14.8. The van der Waals surface area contributed by atoms with E-state index in [2.05, 4.69) is 0 Å². The molecule has 6 heteroatoms. The van der Waals surface area contributed by atoms with Gasteiger partial charge in [0.1, 0.15) is 12.2 Å². The molecule has 0 aliphatic heterocycles. The van der Waals surface area contributed by atoms with Gasteiger partial charge in [-0.3, -0.25) is 0 Å². The average molecular weight is 333 g/mol. The molecule has 0 saturated carbocycles. The second kappa shape index (κ2) is 6.28. The summed E-state index contributed by atoms with van der Waals surface area (Å²) in [6.07, 6.45) is -4.30. The summed E-state index contributed by atoms with van der Waals surface area (Å²) in [7, 11) is 0. The van der Waals surface area contributed by atoms with Crippen molar-refractivity contribution < 1.29 is 19.0 Å². The van der Waals surface area contributed by atoms with Crippen molar-refractivity contribution in [1.29, 1.82) is 0 Å². The molecule has 0 amide bonds. The molecular formula is C15H12Cl2F2O2. The van der Waals surface area contributed by atoms with Crippen molar-refractivity contribution in [3.8, 4) is 0 Å². The first kappa shape index (κ1) is 16.2. The molecule has 0 aliphatic carbocycles. The van der Waals surface area contributed by atoms with Crippen LogP contribution in [0.4, 0.5) is 8.78 Å². The molecule has 0 heterocycles. The maximum atomic E-state index is 14.2. The van der Waals surface area contributed by atoms with E-state index in [1.807, 2.05) is 0 Å². The van der Waals surface area contributed by atoms with Crippen LogP contribution in [-0.4, -0.2) is 16.1 Å². The zero-order valence-electron chi connectivity index (χ0n) is 10.7. The molecule has 0 aliphatic rings. The molecule has 0 radical (unpaired) electrons. The molecule has 0 saturated heterocycles. The van der Waals surface area contributed by atoms with Crippen molar-refractivity contribution in [3.05, 3.63) is 69.7 Å². The lowest BCUT2D eigenvalue weighted by atomic mass is 9.95. The Labute approximate surface area is 130 Å². The fourth-order valence-corrected chi connectivity index (χ4v) is 2.14. The van der Waals surface area contributed by atoms with Gasteiger partial charge in [-0.2, -0.15) is 0 Å². The van der Waals surface area contributed by atoms with Gasteiger partial charge in [-0.15, -0.1) is 0 Å². The van der Waals surface area contributed by atoms with Crippen LogP contribution >= 0.6 is 23.2 Å². The highest BCUT2D eigenvalue weighted by Crippen LogP contribution is 2.41. The first-order chi connectivity index (χ1) is 9.82. The number of hydrogen-bond donors (Lipinski definition) is 2. The van der Waals surface area contributed by atoms with Crippen LogP contribution in [0.5, 0.6) is 0 Å². The van der Waals surface area contributed by atoms with E-state index >= 15 is 0 Å². The van der Waals surface area contributed by atoms with Gasteiger partial charge in [0.05, 0.1) is 0 Å². The number of halogens is 4. The second-order valence-corrected chi connectivity index (χ2v) is 5.46. The predicted molar refractivity (Wildman–Crippen MR) is 77.8 cm³/mol. The topological polar surface area (TPSA) is 40.5 Å². The van der Waals surface area contributed by atoms with E-state index in [0.29, 0.717) is 10.0 Å². The Kier molecular flexibility index (Phi) is 4.84. The number of benzene rings is 2. The summed E-state index contributed by atoms with van der Waals surface area (Å²) >= 11 is 11.3. The van der Waals surface area contributed by atoms with E-state index in [1.54, 1.807) is 0 Å². The Balaban J connectivity index is 2.27. The summed E-state index contributed by atoms with van der Waals surface area (Å²) in [6.45, 7) is 0. The van der Waals surface area contributed by atoms with Crippen molar-refractivity contribution >= 4 is 23.2 Å². The zero-order valence-corrected chi connectivity index (χ0v) is 12.2. The molecule has 2 N–H and O–H groups in total. The second-order valence-electron chi connectivity index (χ2n) is 4.58. The van der Waals surface area contributed by atoms with Crippen LogP contribution in [0.3, 0.4) is 0 Å². The van der Waals surface area contributed by atoms with Crippen LogP contribution in [0.15, 0.2) is 48.5 Å².